The van der Waals surface area contributed by atoms with Crippen molar-refractivity contribution in [2.75, 3.05) is 82.4 Å². The van der Waals surface area contributed by atoms with E-state index < -0.39 is 28.8 Å². The predicted molar refractivity (Wildman–Crippen MR) is 307 cm³/mol. The average Bonchev–Trinajstić information content (AvgIpc) is 4.27. The zero-order valence-electron chi connectivity index (χ0n) is 46.3. The molecular formula is C60H71FN12O6S. The van der Waals surface area contributed by atoms with Crippen LogP contribution in [0.2, 0.25) is 0 Å². The van der Waals surface area contributed by atoms with Gasteiger partial charge >= 0.3 is 6.01 Å². The number of halogens is 1. The molecule has 5 saturated heterocycles. The van der Waals surface area contributed by atoms with E-state index in [-0.39, 0.29) is 60.2 Å². The number of pyridine rings is 1. The first-order valence-electron chi connectivity index (χ1n) is 28.2. The Morgan fingerprint density at radius 1 is 1.01 bits per heavy atom. The molecule has 0 aliphatic carbocycles. The van der Waals surface area contributed by atoms with E-state index in [4.69, 9.17) is 24.2 Å². The highest BCUT2D eigenvalue weighted by Gasteiger charge is 2.52. The van der Waals surface area contributed by atoms with Crippen LogP contribution in [0.4, 0.5) is 16.0 Å². The number of ether oxygens (including phenoxy) is 1. The van der Waals surface area contributed by atoms with E-state index in [1.54, 1.807) is 29.7 Å². The van der Waals surface area contributed by atoms with E-state index >= 15 is 4.39 Å². The molecular weight excluding hydrogens is 1040 g/mol. The molecule has 3 aromatic carbocycles. The number of anilines is 2. The van der Waals surface area contributed by atoms with Crippen molar-refractivity contribution in [3.8, 4) is 33.5 Å². The Morgan fingerprint density at radius 3 is 2.52 bits per heavy atom. The Bertz CT molecular complexity index is 3450. The maximum Gasteiger partial charge on any atom is 0.319 e. The number of amides is 1. The van der Waals surface area contributed by atoms with Gasteiger partial charge in [-0.2, -0.15) is 9.97 Å². The molecule has 80 heavy (non-hydrogen) atoms. The van der Waals surface area contributed by atoms with Gasteiger partial charge in [0.15, 0.2) is 23.0 Å². The SMILES string of the molecule is CCc1cccc2cc(O)cc(-c3ncc4c(N5CC6CCC(C5)N6)nc(OC[C@H]5CN(CC6CN(c7cc(C(C)(C)CC(=O)[C@@]8(C(=O)N[C@@H](C)c9ccc(-c%10scnc%10C)cc9)CC(O)CN8)on7)C6)CCN5C)nc4c3F)c12. The molecule has 0 spiro atoms. The molecule has 20 heteroatoms. The smallest absolute Gasteiger partial charge is 0.319 e. The Hall–Kier alpha value is -6.68. The van der Waals surface area contributed by atoms with Crippen LogP contribution in [0.15, 0.2) is 76.9 Å². The number of thiazole rings is 1. The minimum absolute atomic E-state index is 0.0127. The zero-order valence-corrected chi connectivity index (χ0v) is 47.2. The third-order valence-electron chi connectivity index (χ3n) is 17.5. The van der Waals surface area contributed by atoms with Crippen molar-refractivity contribution in [3.05, 3.63) is 101 Å². The van der Waals surface area contributed by atoms with Crippen molar-refractivity contribution in [2.24, 2.45) is 5.92 Å². The standard InChI is InChI=1S/C60H71FN12O6S/c1-7-37-9-8-10-40-19-44(74)20-46(51(37)40)53-52(61)54-47(25-62-53)56(73-29-41-15-16-42(30-73)66-41)68-58(67-54)78-32-43-31-71(18-17-70(43)6)26-36-27-72(28-36)50-21-49(79-69-50)59(4,5)23-48(76)60(22-45(75)24-64-60)57(77)65-34(2)38-11-13-39(14-12-38)55-35(3)63-33-80-55/h8-14,19-21,25,33-34,36,41-43,45,64,66,74-75H,7,15-18,22-24,26-32H2,1-6H3,(H,65,77)/t34-,41?,42?,43+,45?,60+/m0/s1. The minimum Gasteiger partial charge on any atom is -0.508 e. The fourth-order valence-electron chi connectivity index (χ4n) is 12.8. The Balaban J connectivity index is 0.684. The summed E-state index contributed by atoms with van der Waals surface area (Å²) >= 11 is 1.58. The number of nitrogens with one attached hydrogen (secondary N) is 3. The lowest BCUT2D eigenvalue weighted by Gasteiger charge is -2.45. The van der Waals surface area contributed by atoms with Gasteiger partial charge in [0.05, 0.1) is 39.7 Å². The minimum atomic E-state index is -1.60. The summed E-state index contributed by atoms with van der Waals surface area (Å²) in [5.74, 6) is 0.923. The molecule has 1 amide bonds. The van der Waals surface area contributed by atoms with E-state index in [1.165, 1.54) is 0 Å². The lowest BCUT2D eigenvalue weighted by molar-refractivity contribution is -0.138. The molecule has 6 atom stereocenters. The number of hydrogen-bond donors (Lipinski definition) is 5. The van der Waals surface area contributed by atoms with Gasteiger partial charge in [0.1, 0.15) is 35.1 Å². The summed E-state index contributed by atoms with van der Waals surface area (Å²) in [5.41, 5.74) is 4.14. The van der Waals surface area contributed by atoms with Crippen molar-refractivity contribution >= 4 is 56.3 Å². The number of phenolic OH excluding ortho intramolecular Hbond substituents is 1. The normalized spacial score (nSPS) is 23.2. The lowest BCUT2D eigenvalue weighted by Crippen LogP contribution is -2.60. The second-order valence-corrected chi connectivity index (χ2v) is 24.5. The largest absolute Gasteiger partial charge is 0.508 e. The third-order valence-corrected chi connectivity index (χ3v) is 18.5. The molecule has 2 bridgehead atoms. The first kappa shape index (κ1) is 53.9. The fourth-order valence-corrected chi connectivity index (χ4v) is 13.6. The number of carbonyl (C=O) groups excluding carboxylic acids is 2. The van der Waals surface area contributed by atoms with Crippen LogP contribution in [0.1, 0.15) is 82.0 Å². The summed E-state index contributed by atoms with van der Waals surface area (Å²) in [4.78, 5) is 57.7. The molecule has 0 saturated carbocycles. The first-order chi connectivity index (χ1) is 38.5. The van der Waals surface area contributed by atoms with E-state index in [2.05, 4.69) is 59.7 Å². The summed E-state index contributed by atoms with van der Waals surface area (Å²) in [6.07, 6.45) is 3.66. The molecule has 9 heterocycles. The molecule has 18 nitrogen and oxygen atoms in total. The summed E-state index contributed by atoms with van der Waals surface area (Å²) in [6.45, 7) is 16.7. The molecule has 5 aliphatic heterocycles. The van der Waals surface area contributed by atoms with Crippen LogP contribution >= 0.6 is 11.3 Å². The summed E-state index contributed by atoms with van der Waals surface area (Å²) < 4.78 is 29.8. The zero-order chi connectivity index (χ0) is 55.6. The van der Waals surface area contributed by atoms with Crippen molar-refractivity contribution in [1.82, 2.24) is 50.8 Å². The molecule has 420 valence electrons. The van der Waals surface area contributed by atoms with Gasteiger partial charge < -0.3 is 39.9 Å². The van der Waals surface area contributed by atoms with Crippen LogP contribution in [0, 0.1) is 18.7 Å². The number of hydrogen-bond acceptors (Lipinski definition) is 18. The third kappa shape index (κ3) is 10.4. The average molecular weight is 1110 g/mol. The number of aliphatic hydroxyl groups excluding tert-OH is 1. The number of rotatable bonds is 17. The number of aryl methyl sites for hydroxylation is 2. The Morgan fingerprint density at radius 2 is 1.80 bits per heavy atom. The summed E-state index contributed by atoms with van der Waals surface area (Å²) in [6, 6.07) is 19.5. The van der Waals surface area contributed by atoms with Gasteiger partial charge in [0, 0.05) is 113 Å². The van der Waals surface area contributed by atoms with Gasteiger partial charge in [-0.1, -0.05) is 68.4 Å². The van der Waals surface area contributed by atoms with Crippen molar-refractivity contribution < 1.29 is 33.5 Å². The number of benzene rings is 3. The molecule has 5 fully saturated rings. The second-order valence-electron chi connectivity index (χ2n) is 23.7. The topological polar surface area (TPSA) is 210 Å². The van der Waals surface area contributed by atoms with Crippen LogP contribution in [0.3, 0.4) is 0 Å². The maximum absolute atomic E-state index is 17.3. The highest BCUT2D eigenvalue weighted by molar-refractivity contribution is 7.13. The van der Waals surface area contributed by atoms with Gasteiger partial charge in [0.2, 0.25) is 5.91 Å². The number of likely N-dealkylation sites (N-methyl/N-ethyl adjacent to an activating group) is 1. The highest BCUT2D eigenvalue weighted by Crippen LogP contribution is 2.41. The Labute approximate surface area is 469 Å². The molecule has 5 aliphatic rings. The van der Waals surface area contributed by atoms with E-state index in [0.717, 1.165) is 110 Å². The molecule has 0 radical (unpaired) electrons. The monoisotopic (exact) mass is 1110 g/mol. The number of aliphatic hydroxyl groups is 1. The number of phenols is 1. The quantitative estimate of drug-likeness (QED) is 0.0584. The molecule has 3 unspecified atom stereocenters. The fraction of sp³-hybridized carbons (Fsp3) is 0.483. The number of fused-ring (bicyclic) bond motifs is 4. The number of Topliss-reactive ketones (excluding diaryl/α,β-unsaturated/α-hetero) is 1. The first-order valence-corrected chi connectivity index (χ1v) is 29.1. The van der Waals surface area contributed by atoms with Gasteiger partial charge in [0.25, 0.3) is 0 Å². The molecule has 12 rings (SSSR count). The van der Waals surface area contributed by atoms with Crippen LogP contribution in [-0.4, -0.2) is 159 Å². The van der Waals surface area contributed by atoms with Crippen LogP contribution < -0.4 is 30.5 Å². The van der Waals surface area contributed by atoms with E-state index in [9.17, 15) is 19.8 Å². The van der Waals surface area contributed by atoms with E-state index in [1.807, 2.05) is 81.7 Å². The van der Waals surface area contributed by atoms with Gasteiger partial charge in [-0.3, -0.25) is 29.7 Å². The van der Waals surface area contributed by atoms with Crippen LogP contribution in [-0.2, 0) is 21.4 Å². The summed E-state index contributed by atoms with van der Waals surface area (Å²) in [7, 11) is 2.11. The second kappa shape index (κ2) is 21.7. The molecule has 5 N–H and O–H groups in total. The predicted octanol–water partition coefficient (Wildman–Crippen LogP) is 6.95. The summed E-state index contributed by atoms with van der Waals surface area (Å²) in [5, 5.41) is 38.0. The van der Waals surface area contributed by atoms with Crippen molar-refractivity contribution in [2.45, 2.75) is 108 Å². The molecule has 7 aromatic rings. The number of β-amino-alcohol motifs (C(OH)–C–C–N with tert-alkyl or cyclic N) is 1. The maximum atomic E-state index is 17.3. The van der Waals surface area contributed by atoms with Gasteiger partial charge in [-0.25, -0.2) is 9.37 Å². The Kier molecular flexibility index (Phi) is 14.6. The van der Waals surface area contributed by atoms with E-state index in [0.29, 0.717) is 53.0 Å². The van der Waals surface area contributed by atoms with Crippen molar-refractivity contribution in [1.29, 1.82) is 0 Å². The number of aromatic hydroxyl groups is 1. The number of nitrogens with zero attached hydrogens (tertiary/aromatic N) is 9. The lowest BCUT2D eigenvalue weighted by atomic mass is 9.77. The van der Waals surface area contributed by atoms with Crippen molar-refractivity contribution in [3.63, 3.8) is 0 Å². The molecule has 4 aromatic heterocycles. The highest BCUT2D eigenvalue weighted by atomic mass is 32.1. The number of aromatic nitrogens is 5. The number of piperazine rings is 2. The van der Waals surface area contributed by atoms with Gasteiger partial charge in [-0.15, -0.1) is 11.3 Å². The number of ketones is 1. The van der Waals surface area contributed by atoms with Gasteiger partial charge in [-0.05, 0) is 79.8 Å². The van der Waals surface area contributed by atoms with Crippen LogP contribution in [0.5, 0.6) is 11.8 Å². The number of carbonyl (C=O) groups is 2. The van der Waals surface area contributed by atoms with Crippen LogP contribution in [0.25, 0.3) is 43.4 Å².